The molecule has 1 aromatic heterocycles. The first-order valence-corrected chi connectivity index (χ1v) is 7.05. The lowest BCUT2D eigenvalue weighted by atomic mass is 10.0. The van der Waals surface area contributed by atoms with Crippen molar-refractivity contribution in [3.05, 3.63) is 38.8 Å². The normalized spacial score (nSPS) is 12.4. The van der Waals surface area contributed by atoms with Crippen LogP contribution in [0.15, 0.2) is 22.7 Å². The summed E-state index contributed by atoms with van der Waals surface area (Å²) in [6.45, 7) is 1.93. The van der Waals surface area contributed by atoms with E-state index in [0.29, 0.717) is 0 Å². The Kier molecular flexibility index (Phi) is 4.31. The van der Waals surface area contributed by atoms with Crippen LogP contribution in [-0.2, 0) is 6.42 Å². The van der Waals surface area contributed by atoms with Crippen LogP contribution in [0.4, 0.5) is 0 Å². The first-order valence-electron chi connectivity index (χ1n) is 5.48. The van der Waals surface area contributed by atoms with Crippen molar-refractivity contribution in [2.45, 2.75) is 19.4 Å². The van der Waals surface area contributed by atoms with Crippen molar-refractivity contribution in [3.63, 3.8) is 0 Å². The van der Waals surface area contributed by atoms with Gasteiger partial charge in [-0.2, -0.15) is 0 Å². The van der Waals surface area contributed by atoms with Crippen LogP contribution in [0.1, 0.15) is 22.2 Å². The highest BCUT2D eigenvalue weighted by Gasteiger charge is 2.15. The molecule has 96 valence electrons. The molecule has 0 spiro atoms. The number of nitrogens with two attached hydrogens (primary N) is 1. The summed E-state index contributed by atoms with van der Waals surface area (Å²) in [4.78, 5) is 1.03. The fraction of sp³-hybridized carbons (Fsp3) is 0.333. The van der Waals surface area contributed by atoms with Crippen molar-refractivity contribution in [3.8, 4) is 5.75 Å². The van der Waals surface area contributed by atoms with Crippen molar-refractivity contribution in [2.75, 3.05) is 7.11 Å². The van der Waals surface area contributed by atoms with Gasteiger partial charge in [-0.25, -0.2) is 0 Å². The summed E-state index contributed by atoms with van der Waals surface area (Å²) in [6, 6.07) is 5.79. The van der Waals surface area contributed by atoms with Gasteiger partial charge in [0.15, 0.2) is 0 Å². The van der Waals surface area contributed by atoms with Gasteiger partial charge in [0, 0.05) is 10.5 Å². The molecule has 0 amide bonds. The number of aromatic nitrogens is 2. The zero-order valence-corrected chi connectivity index (χ0v) is 12.6. The second-order valence-corrected chi connectivity index (χ2v) is 5.63. The standard InChI is InChI=1S/C12H14BrN3OS/c1-7-12(18-16-15-7)11(14)6-8-5-9(17-2)3-4-10(8)13/h3-5,11H,6,14H2,1-2H3. The molecule has 0 radical (unpaired) electrons. The molecule has 1 atom stereocenters. The fourth-order valence-electron chi connectivity index (χ4n) is 1.74. The van der Waals surface area contributed by atoms with Crippen molar-refractivity contribution >= 4 is 27.5 Å². The van der Waals surface area contributed by atoms with Gasteiger partial charge >= 0.3 is 0 Å². The molecule has 18 heavy (non-hydrogen) atoms. The third-order valence-corrected chi connectivity index (χ3v) is 4.45. The molecule has 6 heteroatoms. The van der Waals surface area contributed by atoms with E-state index in [1.54, 1.807) is 7.11 Å². The molecule has 1 aromatic carbocycles. The van der Waals surface area contributed by atoms with Crippen LogP contribution in [0.25, 0.3) is 0 Å². The lowest BCUT2D eigenvalue weighted by molar-refractivity contribution is 0.414. The van der Waals surface area contributed by atoms with Gasteiger partial charge in [0.1, 0.15) is 5.75 Å². The topological polar surface area (TPSA) is 61.0 Å². The van der Waals surface area contributed by atoms with Gasteiger partial charge in [0.05, 0.1) is 17.7 Å². The maximum absolute atomic E-state index is 6.20. The van der Waals surface area contributed by atoms with Crippen LogP contribution in [0, 0.1) is 6.92 Å². The molecule has 1 unspecified atom stereocenters. The van der Waals surface area contributed by atoms with Gasteiger partial charge in [0.2, 0.25) is 0 Å². The maximum atomic E-state index is 6.20. The van der Waals surface area contributed by atoms with Gasteiger partial charge in [-0.05, 0) is 48.6 Å². The Morgan fingerprint density at radius 3 is 2.89 bits per heavy atom. The highest BCUT2D eigenvalue weighted by atomic mass is 79.9. The van der Waals surface area contributed by atoms with E-state index in [4.69, 9.17) is 10.5 Å². The van der Waals surface area contributed by atoms with Crippen molar-refractivity contribution < 1.29 is 4.74 Å². The molecular formula is C12H14BrN3OS. The minimum Gasteiger partial charge on any atom is -0.497 e. The minimum absolute atomic E-state index is 0.0894. The fourth-order valence-corrected chi connectivity index (χ4v) is 2.79. The van der Waals surface area contributed by atoms with Crippen LogP contribution >= 0.6 is 27.5 Å². The molecule has 4 nitrogen and oxygen atoms in total. The lowest BCUT2D eigenvalue weighted by Crippen LogP contribution is -2.13. The molecule has 0 aliphatic rings. The quantitative estimate of drug-likeness (QED) is 0.937. The van der Waals surface area contributed by atoms with E-state index in [1.165, 1.54) is 11.5 Å². The number of hydrogen-bond donors (Lipinski definition) is 1. The van der Waals surface area contributed by atoms with Crippen LogP contribution < -0.4 is 10.5 Å². The Hall–Kier alpha value is -0.980. The summed E-state index contributed by atoms with van der Waals surface area (Å²) in [5, 5.41) is 3.99. The van der Waals surface area contributed by atoms with E-state index in [1.807, 2.05) is 25.1 Å². The monoisotopic (exact) mass is 327 g/mol. The summed E-state index contributed by atoms with van der Waals surface area (Å²) >= 11 is 4.89. The summed E-state index contributed by atoms with van der Waals surface area (Å²) in [6.07, 6.45) is 0.725. The predicted octanol–water partition coefficient (Wildman–Crippen LogP) is 2.86. The van der Waals surface area contributed by atoms with Gasteiger partial charge in [-0.15, -0.1) is 5.10 Å². The van der Waals surface area contributed by atoms with Crippen LogP contribution in [0.2, 0.25) is 0 Å². The van der Waals surface area contributed by atoms with Crippen molar-refractivity contribution in [2.24, 2.45) is 5.73 Å². The number of ether oxygens (including phenoxy) is 1. The van der Waals surface area contributed by atoms with Gasteiger partial charge < -0.3 is 10.5 Å². The number of nitrogens with zero attached hydrogens (tertiary/aromatic N) is 2. The number of methoxy groups -OCH3 is 1. The van der Waals surface area contributed by atoms with Gasteiger partial charge in [0.25, 0.3) is 0 Å². The van der Waals surface area contributed by atoms with E-state index in [9.17, 15) is 0 Å². The number of aryl methyl sites for hydroxylation is 1. The maximum Gasteiger partial charge on any atom is 0.119 e. The molecule has 2 aromatic rings. The van der Waals surface area contributed by atoms with E-state index in [0.717, 1.165) is 32.8 Å². The summed E-state index contributed by atoms with van der Waals surface area (Å²) in [5.74, 6) is 0.833. The lowest BCUT2D eigenvalue weighted by Gasteiger charge is -2.12. The van der Waals surface area contributed by atoms with Gasteiger partial charge in [-0.1, -0.05) is 20.4 Å². The first-order chi connectivity index (χ1) is 8.61. The summed E-state index contributed by atoms with van der Waals surface area (Å²) < 4.78 is 10.2. The van der Waals surface area contributed by atoms with Crippen molar-refractivity contribution in [1.82, 2.24) is 9.59 Å². The SMILES string of the molecule is COc1ccc(Br)c(CC(N)c2snnc2C)c1. The predicted molar refractivity (Wildman–Crippen MR) is 76.0 cm³/mol. The number of rotatable bonds is 4. The van der Waals surface area contributed by atoms with Crippen molar-refractivity contribution in [1.29, 1.82) is 0 Å². The largest absolute Gasteiger partial charge is 0.497 e. The third kappa shape index (κ3) is 2.88. The highest BCUT2D eigenvalue weighted by molar-refractivity contribution is 9.10. The molecule has 0 aliphatic carbocycles. The second kappa shape index (κ2) is 5.77. The molecule has 0 saturated heterocycles. The van der Waals surface area contributed by atoms with Gasteiger partial charge in [-0.3, -0.25) is 0 Å². The molecule has 2 N–H and O–H groups in total. The third-order valence-electron chi connectivity index (χ3n) is 2.72. The second-order valence-electron chi connectivity index (χ2n) is 3.99. The smallest absolute Gasteiger partial charge is 0.119 e. The molecule has 0 saturated carbocycles. The Balaban J connectivity index is 2.21. The molecule has 0 aliphatic heterocycles. The Morgan fingerprint density at radius 1 is 1.50 bits per heavy atom. The minimum atomic E-state index is -0.0894. The zero-order chi connectivity index (χ0) is 13.1. The number of benzene rings is 1. The highest BCUT2D eigenvalue weighted by Crippen LogP contribution is 2.28. The average Bonchev–Trinajstić information content (AvgIpc) is 2.78. The first kappa shape index (κ1) is 13.5. The molecule has 1 heterocycles. The molecule has 0 fully saturated rings. The Morgan fingerprint density at radius 2 is 2.28 bits per heavy atom. The number of hydrogen-bond acceptors (Lipinski definition) is 5. The van der Waals surface area contributed by atoms with Crippen LogP contribution in [0.5, 0.6) is 5.75 Å². The summed E-state index contributed by atoms with van der Waals surface area (Å²) in [7, 11) is 1.66. The number of halogens is 1. The summed E-state index contributed by atoms with van der Waals surface area (Å²) in [5.41, 5.74) is 8.23. The Labute approximate surface area is 118 Å². The van der Waals surface area contributed by atoms with Crippen LogP contribution in [-0.4, -0.2) is 16.7 Å². The molecule has 2 rings (SSSR count). The van der Waals surface area contributed by atoms with E-state index in [-0.39, 0.29) is 6.04 Å². The zero-order valence-electron chi connectivity index (χ0n) is 10.2. The molecule has 0 bridgehead atoms. The van der Waals surface area contributed by atoms with E-state index >= 15 is 0 Å². The van der Waals surface area contributed by atoms with Crippen LogP contribution in [0.3, 0.4) is 0 Å². The van der Waals surface area contributed by atoms with E-state index in [2.05, 4.69) is 25.5 Å². The van der Waals surface area contributed by atoms with E-state index < -0.39 is 0 Å². The Bertz CT molecular complexity index is 544. The molecular weight excluding hydrogens is 314 g/mol. The average molecular weight is 328 g/mol.